The first-order valence-corrected chi connectivity index (χ1v) is 7.21. The molecule has 20 heavy (non-hydrogen) atoms. The van der Waals surface area contributed by atoms with Crippen LogP contribution in [0.25, 0.3) is 0 Å². The first kappa shape index (κ1) is 15.3. The molecule has 1 atom stereocenters. The summed E-state index contributed by atoms with van der Waals surface area (Å²) in [6.07, 6.45) is 3.08. The van der Waals surface area contributed by atoms with Crippen LogP contribution in [0.3, 0.4) is 0 Å². The van der Waals surface area contributed by atoms with Crippen molar-refractivity contribution in [2.75, 3.05) is 19.8 Å². The number of carbonyl (C=O) groups excluding carboxylic acids is 1. The van der Waals surface area contributed by atoms with Crippen molar-refractivity contribution in [3.63, 3.8) is 0 Å². The Labute approximate surface area is 124 Å². The molecule has 0 N–H and O–H groups in total. The van der Waals surface area contributed by atoms with Crippen molar-refractivity contribution in [1.29, 1.82) is 0 Å². The van der Waals surface area contributed by atoms with Gasteiger partial charge >= 0.3 is 0 Å². The first-order valence-electron chi connectivity index (χ1n) is 6.83. The number of hydrogen-bond donors (Lipinski definition) is 0. The molecule has 0 radical (unpaired) electrons. The smallest absolute Gasteiger partial charge is 0.159 e. The van der Waals surface area contributed by atoms with Gasteiger partial charge in [0.2, 0.25) is 0 Å². The van der Waals surface area contributed by atoms with Crippen molar-refractivity contribution in [3.05, 3.63) is 28.8 Å². The number of rotatable bonds is 6. The Hall–Kier alpha value is -1.10. The van der Waals surface area contributed by atoms with Gasteiger partial charge in [0.25, 0.3) is 0 Å². The predicted molar refractivity (Wildman–Crippen MR) is 76.5 cm³/mol. The summed E-state index contributed by atoms with van der Waals surface area (Å²) in [6, 6.07) is 5.02. The second kappa shape index (κ2) is 7.62. The van der Waals surface area contributed by atoms with Crippen LogP contribution in [0, 0.1) is 0 Å². The van der Waals surface area contributed by atoms with Crippen molar-refractivity contribution < 1.29 is 19.0 Å². The molecule has 0 unspecified atom stereocenters. The van der Waals surface area contributed by atoms with Crippen LogP contribution in [-0.4, -0.2) is 31.9 Å². The molecule has 1 aliphatic rings. The summed E-state index contributed by atoms with van der Waals surface area (Å²) in [4.78, 5) is 11.2. The molecule has 2 rings (SSSR count). The monoisotopic (exact) mass is 298 g/mol. The van der Waals surface area contributed by atoms with E-state index in [2.05, 4.69) is 0 Å². The van der Waals surface area contributed by atoms with Crippen molar-refractivity contribution >= 4 is 17.4 Å². The Balaban J connectivity index is 1.74. The molecule has 1 aromatic carbocycles. The third kappa shape index (κ3) is 4.47. The van der Waals surface area contributed by atoms with E-state index in [-0.39, 0.29) is 12.1 Å². The zero-order valence-electron chi connectivity index (χ0n) is 11.6. The van der Waals surface area contributed by atoms with Crippen LogP contribution in [0.1, 0.15) is 36.5 Å². The van der Waals surface area contributed by atoms with Gasteiger partial charge in [0.05, 0.1) is 11.6 Å². The van der Waals surface area contributed by atoms with E-state index < -0.39 is 0 Å². The van der Waals surface area contributed by atoms with Crippen LogP contribution < -0.4 is 4.74 Å². The topological polar surface area (TPSA) is 44.8 Å². The highest BCUT2D eigenvalue weighted by atomic mass is 35.5. The van der Waals surface area contributed by atoms with Gasteiger partial charge in [-0.3, -0.25) is 4.79 Å². The van der Waals surface area contributed by atoms with Crippen LogP contribution in [0.4, 0.5) is 0 Å². The minimum absolute atomic E-state index is 0.0174. The SMILES string of the molecule is CC(=O)c1ccc(OCCO[C@H]2CCCCO2)c(Cl)c1. The highest BCUT2D eigenvalue weighted by molar-refractivity contribution is 6.32. The molecule has 110 valence electrons. The molecular weight excluding hydrogens is 280 g/mol. The van der Waals surface area contributed by atoms with Gasteiger partial charge in [-0.15, -0.1) is 0 Å². The van der Waals surface area contributed by atoms with Gasteiger partial charge in [-0.25, -0.2) is 0 Å². The maximum atomic E-state index is 11.2. The van der Waals surface area contributed by atoms with E-state index >= 15 is 0 Å². The average Bonchev–Trinajstić information content (AvgIpc) is 2.46. The number of carbonyl (C=O) groups is 1. The summed E-state index contributed by atoms with van der Waals surface area (Å²) >= 11 is 6.06. The lowest BCUT2D eigenvalue weighted by Gasteiger charge is -2.22. The molecule has 1 saturated heterocycles. The second-order valence-corrected chi connectivity index (χ2v) is 5.12. The normalized spacial score (nSPS) is 18.8. The molecule has 0 bridgehead atoms. The predicted octanol–water partition coefficient (Wildman–Crippen LogP) is 3.46. The van der Waals surface area contributed by atoms with Crippen molar-refractivity contribution in [2.24, 2.45) is 0 Å². The van der Waals surface area contributed by atoms with E-state index in [1.807, 2.05) is 0 Å². The molecule has 0 amide bonds. The summed E-state index contributed by atoms with van der Waals surface area (Å²) in [7, 11) is 0. The lowest BCUT2D eigenvalue weighted by Crippen LogP contribution is -2.24. The fourth-order valence-corrected chi connectivity index (χ4v) is 2.25. The summed E-state index contributed by atoms with van der Waals surface area (Å²) in [5.74, 6) is 0.543. The van der Waals surface area contributed by atoms with Gasteiger partial charge in [0.15, 0.2) is 12.1 Å². The minimum Gasteiger partial charge on any atom is -0.490 e. The number of halogens is 1. The van der Waals surface area contributed by atoms with Crippen LogP contribution in [0.15, 0.2) is 18.2 Å². The molecule has 1 aliphatic heterocycles. The van der Waals surface area contributed by atoms with Gasteiger partial charge in [-0.1, -0.05) is 11.6 Å². The van der Waals surface area contributed by atoms with E-state index in [4.69, 9.17) is 25.8 Å². The maximum Gasteiger partial charge on any atom is 0.159 e. The quantitative estimate of drug-likeness (QED) is 0.596. The fraction of sp³-hybridized carbons (Fsp3) is 0.533. The molecule has 0 spiro atoms. The molecule has 0 saturated carbocycles. The van der Waals surface area contributed by atoms with E-state index in [9.17, 15) is 4.79 Å². The van der Waals surface area contributed by atoms with Gasteiger partial charge < -0.3 is 14.2 Å². The molecular formula is C15H19ClO4. The van der Waals surface area contributed by atoms with Crippen LogP contribution in [-0.2, 0) is 9.47 Å². The maximum absolute atomic E-state index is 11.2. The van der Waals surface area contributed by atoms with Crippen LogP contribution >= 0.6 is 11.6 Å². The van der Waals surface area contributed by atoms with Gasteiger partial charge in [-0.05, 0) is 44.4 Å². The van der Waals surface area contributed by atoms with Crippen LogP contribution in [0.5, 0.6) is 5.75 Å². The molecule has 1 aromatic rings. The Morgan fingerprint density at radius 2 is 2.25 bits per heavy atom. The van der Waals surface area contributed by atoms with E-state index in [1.165, 1.54) is 6.92 Å². The number of ether oxygens (including phenoxy) is 3. The zero-order chi connectivity index (χ0) is 14.4. The van der Waals surface area contributed by atoms with E-state index in [0.717, 1.165) is 25.9 Å². The van der Waals surface area contributed by atoms with E-state index in [0.29, 0.717) is 29.5 Å². The largest absolute Gasteiger partial charge is 0.490 e. The molecule has 1 fully saturated rings. The zero-order valence-corrected chi connectivity index (χ0v) is 12.3. The number of hydrogen-bond acceptors (Lipinski definition) is 4. The molecule has 4 nitrogen and oxygen atoms in total. The number of Topliss-reactive ketones (excluding diaryl/α,β-unsaturated/α-hetero) is 1. The molecule has 5 heteroatoms. The average molecular weight is 299 g/mol. The number of benzene rings is 1. The standard InChI is InChI=1S/C15H19ClO4/c1-11(17)12-5-6-14(13(16)10-12)18-8-9-20-15-4-2-3-7-19-15/h5-6,10,15H,2-4,7-9H2,1H3/t15-/m0/s1. The lowest BCUT2D eigenvalue weighted by molar-refractivity contribution is -0.165. The highest BCUT2D eigenvalue weighted by Crippen LogP contribution is 2.25. The number of ketones is 1. The summed E-state index contributed by atoms with van der Waals surface area (Å²) < 4.78 is 16.6. The Morgan fingerprint density at radius 1 is 1.40 bits per heavy atom. The fourth-order valence-electron chi connectivity index (χ4n) is 2.01. The summed E-state index contributed by atoms with van der Waals surface area (Å²) in [5, 5.41) is 0.437. The molecule has 0 aromatic heterocycles. The second-order valence-electron chi connectivity index (χ2n) is 4.72. The Morgan fingerprint density at radius 3 is 2.90 bits per heavy atom. The van der Waals surface area contributed by atoms with Gasteiger partial charge in [0, 0.05) is 12.2 Å². The van der Waals surface area contributed by atoms with Crippen LogP contribution in [0.2, 0.25) is 5.02 Å². The first-order chi connectivity index (χ1) is 9.66. The Kier molecular flexibility index (Phi) is 5.83. The highest BCUT2D eigenvalue weighted by Gasteiger charge is 2.13. The van der Waals surface area contributed by atoms with Gasteiger partial charge in [0.1, 0.15) is 12.4 Å². The third-order valence-electron chi connectivity index (χ3n) is 3.12. The lowest BCUT2D eigenvalue weighted by atomic mass is 10.1. The van der Waals surface area contributed by atoms with E-state index in [1.54, 1.807) is 18.2 Å². The summed E-state index contributed by atoms with van der Waals surface area (Å²) in [5.41, 5.74) is 0.578. The third-order valence-corrected chi connectivity index (χ3v) is 3.42. The molecule has 1 heterocycles. The Bertz CT molecular complexity index is 455. The molecule has 0 aliphatic carbocycles. The van der Waals surface area contributed by atoms with Gasteiger partial charge in [-0.2, -0.15) is 0 Å². The summed E-state index contributed by atoms with van der Waals surface area (Å²) in [6.45, 7) is 3.13. The minimum atomic E-state index is -0.108. The van der Waals surface area contributed by atoms with Crippen molar-refractivity contribution in [2.45, 2.75) is 32.5 Å². The van der Waals surface area contributed by atoms with Crippen molar-refractivity contribution in [1.82, 2.24) is 0 Å². The van der Waals surface area contributed by atoms with Crippen molar-refractivity contribution in [3.8, 4) is 5.75 Å².